The summed E-state index contributed by atoms with van der Waals surface area (Å²) in [5.41, 5.74) is 1.86. The molecular weight excluding hydrogens is 302 g/mol. The molecule has 1 aromatic rings. The molecule has 0 amide bonds. The van der Waals surface area contributed by atoms with Gasteiger partial charge in [0.1, 0.15) is 10.5 Å². The van der Waals surface area contributed by atoms with E-state index in [-0.39, 0.29) is 6.61 Å². The molecule has 1 fully saturated rings. The van der Waals surface area contributed by atoms with Gasteiger partial charge in [0, 0.05) is 13.7 Å². The quantitative estimate of drug-likeness (QED) is 0.834. The molecule has 122 valence electrons. The molecule has 3 rings (SSSR count). The Morgan fingerprint density at radius 2 is 2.00 bits per heavy atom. The van der Waals surface area contributed by atoms with E-state index >= 15 is 0 Å². The van der Waals surface area contributed by atoms with Crippen LogP contribution in [0.5, 0.6) is 5.75 Å². The van der Waals surface area contributed by atoms with Crippen molar-refractivity contribution in [2.75, 3.05) is 31.7 Å². The zero-order chi connectivity index (χ0) is 15.8. The number of aryl methyl sites for hydroxylation is 1. The van der Waals surface area contributed by atoms with Crippen LogP contribution in [0.4, 0.5) is 5.69 Å². The molecule has 0 N–H and O–H groups in total. The van der Waals surface area contributed by atoms with Crippen LogP contribution < -0.4 is 9.04 Å². The fourth-order valence-electron chi connectivity index (χ4n) is 3.19. The first kappa shape index (κ1) is 15.6. The average molecular weight is 325 g/mol. The molecular formula is C16H23NO4S. The maximum atomic E-state index is 13.1. The van der Waals surface area contributed by atoms with Crippen molar-refractivity contribution in [2.24, 2.45) is 0 Å². The molecule has 2 aliphatic rings. The molecule has 0 aromatic heterocycles. The largest absolute Gasteiger partial charge is 0.497 e. The number of hydrogen-bond acceptors (Lipinski definition) is 4. The average Bonchev–Trinajstić information content (AvgIpc) is 3.30. The van der Waals surface area contributed by atoms with Gasteiger partial charge in [-0.3, -0.25) is 4.31 Å². The molecule has 0 saturated heterocycles. The number of ether oxygens (including phenoxy) is 2. The van der Waals surface area contributed by atoms with E-state index in [0.29, 0.717) is 19.4 Å². The summed E-state index contributed by atoms with van der Waals surface area (Å²) in [6, 6.07) is 5.67. The number of hydrogen-bond donors (Lipinski definition) is 0. The molecule has 0 bridgehead atoms. The standard InChI is InChI=1S/C16H23NO4S/c1-20-12-16(8-9-16)22(18,19)17-10-4-3-5-13-11-14(21-2)6-7-15(13)17/h6-7,11H,3-5,8-10,12H2,1-2H3. The lowest BCUT2D eigenvalue weighted by Gasteiger charge is -2.29. The van der Waals surface area contributed by atoms with Crippen molar-refractivity contribution >= 4 is 15.7 Å². The van der Waals surface area contributed by atoms with Gasteiger partial charge in [-0.25, -0.2) is 8.42 Å². The maximum absolute atomic E-state index is 13.1. The van der Waals surface area contributed by atoms with Crippen LogP contribution in [0.1, 0.15) is 31.2 Å². The monoisotopic (exact) mass is 325 g/mol. The van der Waals surface area contributed by atoms with Gasteiger partial charge < -0.3 is 9.47 Å². The number of methoxy groups -OCH3 is 2. The third-order valence-corrected chi connectivity index (χ3v) is 7.25. The molecule has 6 heteroatoms. The summed E-state index contributed by atoms with van der Waals surface area (Å²) < 4.78 is 37.6. The van der Waals surface area contributed by atoms with Gasteiger partial charge in [0.05, 0.1) is 19.4 Å². The first-order chi connectivity index (χ1) is 10.5. The predicted molar refractivity (Wildman–Crippen MR) is 86.0 cm³/mol. The smallest absolute Gasteiger partial charge is 0.243 e. The summed E-state index contributed by atoms with van der Waals surface area (Å²) >= 11 is 0. The predicted octanol–water partition coefficient (Wildman–Crippen LogP) is 2.35. The van der Waals surface area contributed by atoms with E-state index in [1.165, 1.54) is 0 Å². The normalized spacial score (nSPS) is 20.2. The summed E-state index contributed by atoms with van der Waals surface area (Å²) in [5.74, 6) is 0.774. The zero-order valence-corrected chi connectivity index (χ0v) is 14.0. The molecule has 0 atom stereocenters. The minimum atomic E-state index is -3.40. The highest BCUT2D eigenvalue weighted by Gasteiger charge is 2.57. The zero-order valence-electron chi connectivity index (χ0n) is 13.2. The SMILES string of the molecule is COCC1(S(=O)(=O)N2CCCCc3cc(OC)ccc32)CC1. The fourth-order valence-corrected chi connectivity index (χ4v) is 5.35. The van der Waals surface area contributed by atoms with Crippen LogP contribution >= 0.6 is 0 Å². The van der Waals surface area contributed by atoms with Gasteiger partial charge >= 0.3 is 0 Å². The van der Waals surface area contributed by atoms with Gasteiger partial charge in [-0.05, 0) is 55.9 Å². The Morgan fingerprint density at radius 3 is 2.64 bits per heavy atom. The number of anilines is 1. The first-order valence-corrected chi connectivity index (χ1v) is 9.16. The fraction of sp³-hybridized carbons (Fsp3) is 0.625. The van der Waals surface area contributed by atoms with Crippen LogP contribution in [-0.2, 0) is 21.2 Å². The number of nitrogens with zero attached hydrogens (tertiary/aromatic N) is 1. The van der Waals surface area contributed by atoms with Crippen LogP contribution in [0.2, 0.25) is 0 Å². The number of benzene rings is 1. The van der Waals surface area contributed by atoms with Crippen LogP contribution in [0, 0.1) is 0 Å². The van der Waals surface area contributed by atoms with Crippen LogP contribution in [0.25, 0.3) is 0 Å². The molecule has 5 nitrogen and oxygen atoms in total. The van der Waals surface area contributed by atoms with Gasteiger partial charge in [-0.15, -0.1) is 0 Å². The van der Waals surface area contributed by atoms with Gasteiger partial charge in [-0.1, -0.05) is 0 Å². The van der Waals surface area contributed by atoms with Crippen molar-refractivity contribution in [2.45, 2.75) is 36.9 Å². The second-order valence-corrected chi connectivity index (χ2v) is 8.40. The van der Waals surface area contributed by atoms with Gasteiger partial charge in [0.25, 0.3) is 0 Å². The lowest BCUT2D eigenvalue weighted by Crippen LogP contribution is -2.43. The third-order valence-electron chi connectivity index (χ3n) is 4.67. The Morgan fingerprint density at radius 1 is 1.23 bits per heavy atom. The molecule has 0 radical (unpaired) electrons. The van der Waals surface area contributed by atoms with Crippen molar-refractivity contribution in [3.63, 3.8) is 0 Å². The summed E-state index contributed by atoms with van der Waals surface area (Å²) in [4.78, 5) is 0. The highest BCUT2D eigenvalue weighted by atomic mass is 32.2. The molecule has 0 unspecified atom stereocenters. The lowest BCUT2D eigenvalue weighted by molar-refractivity contribution is 0.191. The van der Waals surface area contributed by atoms with Crippen molar-refractivity contribution in [1.29, 1.82) is 0 Å². The summed E-state index contributed by atoms with van der Waals surface area (Å²) in [6.45, 7) is 0.824. The van der Waals surface area contributed by atoms with Gasteiger partial charge in [0.15, 0.2) is 0 Å². The number of rotatable bonds is 5. The number of fused-ring (bicyclic) bond motifs is 1. The highest BCUT2D eigenvalue weighted by molar-refractivity contribution is 7.94. The summed E-state index contributed by atoms with van der Waals surface area (Å²) in [5, 5.41) is 0. The van der Waals surface area contributed by atoms with Crippen LogP contribution in [0.3, 0.4) is 0 Å². The van der Waals surface area contributed by atoms with Gasteiger partial charge in [-0.2, -0.15) is 0 Å². The molecule has 1 saturated carbocycles. The van der Waals surface area contributed by atoms with E-state index < -0.39 is 14.8 Å². The van der Waals surface area contributed by atoms with Crippen molar-refractivity contribution in [3.8, 4) is 5.75 Å². The minimum Gasteiger partial charge on any atom is -0.497 e. The minimum absolute atomic E-state index is 0.275. The van der Waals surface area contributed by atoms with Crippen molar-refractivity contribution in [1.82, 2.24) is 0 Å². The topological polar surface area (TPSA) is 55.8 Å². The molecule has 0 spiro atoms. The second-order valence-electron chi connectivity index (χ2n) is 6.14. The molecule has 22 heavy (non-hydrogen) atoms. The Hall–Kier alpha value is -1.27. The van der Waals surface area contributed by atoms with E-state index in [2.05, 4.69) is 0 Å². The lowest BCUT2D eigenvalue weighted by atomic mass is 10.1. The van der Waals surface area contributed by atoms with E-state index in [1.807, 2.05) is 18.2 Å². The third kappa shape index (κ3) is 2.48. The highest BCUT2D eigenvalue weighted by Crippen LogP contribution is 2.47. The Bertz CT molecular complexity index is 652. The van der Waals surface area contributed by atoms with Gasteiger partial charge in [0.2, 0.25) is 10.0 Å². The van der Waals surface area contributed by atoms with Crippen molar-refractivity contribution < 1.29 is 17.9 Å². The summed E-state index contributed by atoms with van der Waals surface area (Å²) in [7, 11) is -0.205. The van der Waals surface area contributed by atoms with E-state index in [4.69, 9.17) is 9.47 Å². The van der Waals surface area contributed by atoms with E-state index in [9.17, 15) is 8.42 Å². The first-order valence-electron chi connectivity index (χ1n) is 7.72. The Balaban J connectivity index is 2.01. The Kier molecular flexibility index (Phi) is 4.07. The van der Waals surface area contributed by atoms with E-state index in [1.54, 1.807) is 18.5 Å². The molecule has 1 heterocycles. The molecule has 1 aliphatic heterocycles. The van der Waals surface area contributed by atoms with Crippen LogP contribution in [-0.4, -0.2) is 40.5 Å². The van der Waals surface area contributed by atoms with Crippen LogP contribution in [0.15, 0.2) is 18.2 Å². The maximum Gasteiger partial charge on any atom is 0.243 e. The van der Waals surface area contributed by atoms with E-state index in [0.717, 1.165) is 36.3 Å². The molecule has 1 aliphatic carbocycles. The molecule has 1 aromatic carbocycles. The summed E-state index contributed by atoms with van der Waals surface area (Å²) in [6.07, 6.45) is 4.12. The second kappa shape index (κ2) is 5.74. The van der Waals surface area contributed by atoms with Crippen molar-refractivity contribution in [3.05, 3.63) is 23.8 Å². The number of sulfonamides is 1. The Labute approximate surface area is 132 Å².